The van der Waals surface area contributed by atoms with Crippen LogP contribution in [0.25, 0.3) is 0 Å². The third kappa shape index (κ3) is 6.46. The van der Waals surface area contributed by atoms with Gasteiger partial charge in [-0.15, -0.1) is 0 Å². The van der Waals surface area contributed by atoms with Crippen LogP contribution in [-0.4, -0.2) is 29.3 Å². The second kappa shape index (κ2) is 10.3. The maximum Gasteiger partial charge on any atom is 0.311 e. The van der Waals surface area contributed by atoms with Crippen molar-refractivity contribution < 1.29 is 14.3 Å². The molecule has 0 aliphatic carbocycles. The molecule has 7 heteroatoms. The average molecular weight is 438 g/mol. The molecule has 2 aromatic carbocycles. The lowest BCUT2D eigenvalue weighted by molar-refractivity contribution is -0.142. The summed E-state index contributed by atoms with van der Waals surface area (Å²) in [5.74, 6) is -0.220. The first kappa shape index (κ1) is 22.6. The van der Waals surface area contributed by atoms with Crippen molar-refractivity contribution in [3.63, 3.8) is 0 Å². The Morgan fingerprint density at radius 2 is 1.90 bits per heavy atom. The van der Waals surface area contributed by atoms with Gasteiger partial charge in [-0.05, 0) is 74.7 Å². The normalized spacial score (nSPS) is 12.6. The van der Waals surface area contributed by atoms with Crippen LogP contribution in [0.15, 0.2) is 53.2 Å². The van der Waals surface area contributed by atoms with Gasteiger partial charge in [-0.1, -0.05) is 23.9 Å². The van der Waals surface area contributed by atoms with E-state index in [1.807, 2.05) is 63.2 Å². The number of aliphatic imine (C=N–C) groups is 1. The predicted octanol–water partition coefficient (Wildman–Crippen LogP) is 5.28. The van der Waals surface area contributed by atoms with Crippen LogP contribution in [-0.2, 0) is 14.3 Å². The summed E-state index contributed by atoms with van der Waals surface area (Å²) in [6.45, 7) is 8.16. The van der Waals surface area contributed by atoms with E-state index in [9.17, 15) is 9.59 Å². The van der Waals surface area contributed by atoms with E-state index in [1.165, 1.54) is 11.8 Å². The molecule has 2 N–H and O–H groups in total. The van der Waals surface area contributed by atoms with Crippen molar-refractivity contribution in [3.05, 3.63) is 64.9 Å². The summed E-state index contributed by atoms with van der Waals surface area (Å²) in [5, 5.41) is 6.88. The quantitative estimate of drug-likeness (QED) is 0.601. The molecule has 0 bridgehead atoms. The molecule has 1 aliphatic heterocycles. The van der Waals surface area contributed by atoms with Gasteiger partial charge in [0.1, 0.15) is 0 Å². The van der Waals surface area contributed by atoms with E-state index in [2.05, 4.69) is 10.6 Å². The van der Waals surface area contributed by atoms with E-state index in [4.69, 9.17) is 9.73 Å². The van der Waals surface area contributed by atoms with Crippen LogP contribution in [0.3, 0.4) is 0 Å². The van der Waals surface area contributed by atoms with Crippen molar-refractivity contribution >= 4 is 45.7 Å². The molecule has 6 nitrogen and oxygen atoms in total. The Morgan fingerprint density at radius 1 is 1.13 bits per heavy atom. The molecule has 0 spiro atoms. The number of nitrogens with one attached hydrogen (secondary N) is 2. The van der Waals surface area contributed by atoms with Crippen LogP contribution in [0.4, 0.5) is 17.1 Å². The molecule has 162 valence electrons. The molecule has 31 heavy (non-hydrogen) atoms. The number of carbonyl (C=O) groups is 2. The van der Waals surface area contributed by atoms with Gasteiger partial charge in [0.15, 0.2) is 0 Å². The molecule has 0 atom stereocenters. The minimum absolute atomic E-state index is 0.106. The number of aryl methyl sites for hydroxylation is 3. The van der Waals surface area contributed by atoms with Crippen LogP contribution in [0.1, 0.15) is 30.0 Å². The molecule has 2 aromatic rings. The molecule has 0 radical (unpaired) electrons. The molecule has 0 saturated carbocycles. The van der Waals surface area contributed by atoms with Gasteiger partial charge in [0, 0.05) is 11.4 Å². The zero-order valence-electron chi connectivity index (χ0n) is 18.2. The van der Waals surface area contributed by atoms with Gasteiger partial charge in [-0.25, -0.2) is 4.99 Å². The first-order valence-corrected chi connectivity index (χ1v) is 11.1. The topological polar surface area (TPSA) is 79.8 Å². The lowest BCUT2D eigenvalue weighted by Crippen LogP contribution is -2.15. The molecular formula is C24H27N3O3S. The number of fused-ring (bicyclic) bond motifs is 1. The Morgan fingerprint density at radius 3 is 2.65 bits per heavy atom. The lowest BCUT2D eigenvalue weighted by Gasteiger charge is -2.12. The van der Waals surface area contributed by atoms with Crippen LogP contribution in [0, 0.1) is 20.8 Å². The Labute approximate surface area is 187 Å². The Kier molecular flexibility index (Phi) is 7.52. The Bertz CT molecular complexity index is 1060. The number of nitrogens with zero attached hydrogens (tertiary/aromatic N) is 1. The number of benzene rings is 2. The summed E-state index contributed by atoms with van der Waals surface area (Å²) >= 11 is 1.33. The van der Waals surface area contributed by atoms with E-state index in [0.29, 0.717) is 17.3 Å². The Balaban J connectivity index is 1.78. The molecule has 1 aliphatic rings. The summed E-state index contributed by atoms with van der Waals surface area (Å²) in [7, 11) is 0. The van der Waals surface area contributed by atoms with Crippen molar-refractivity contribution in [1.29, 1.82) is 0 Å². The monoisotopic (exact) mass is 437 g/mol. The highest BCUT2D eigenvalue weighted by Gasteiger charge is 2.17. The lowest BCUT2D eigenvalue weighted by atomic mass is 10.1. The third-order valence-electron chi connectivity index (χ3n) is 4.73. The van der Waals surface area contributed by atoms with Crippen LogP contribution in [0.5, 0.6) is 0 Å². The van der Waals surface area contributed by atoms with Crippen molar-refractivity contribution in [2.75, 3.05) is 23.0 Å². The third-order valence-corrected chi connectivity index (χ3v) is 5.64. The second-order valence-electron chi connectivity index (χ2n) is 7.39. The van der Waals surface area contributed by atoms with Gasteiger partial charge >= 0.3 is 5.97 Å². The molecule has 0 unspecified atom stereocenters. The predicted molar refractivity (Wildman–Crippen MR) is 128 cm³/mol. The number of hydrogen-bond donors (Lipinski definition) is 2. The fraction of sp³-hybridized carbons (Fsp3) is 0.292. The van der Waals surface area contributed by atoms with E-state index in [-0.39, 0.29) is 24.1 Å². The van der Waals surface area contributed by atoms with Crippen LogP contribution in [0.2, 0.25) is 0 Å². The largest absolute Gasteiger partial charge is 0.466 e. The number of amides is 1. The first-order chi connectivity index (χ1) is 14.8. The summed E-state index contributed by atoms with van der Waals surface area (Å²) in [6.07, 6.45) is 1.92. The zero-order chi connectivity index (χ0) is 22.4. The van der Waals surface area contributed by atoms with Gasteiger partial charge in [0.2, 0.25) is 5.91 Å². The fourth-order valence-electron chi connectivity index (χ4n) is 3.10. The van der Waals surface area contributed by atoms with Gasteiger partial charge in [-0.2, -0.15) is 0 Å². The number of esters is 1. The smallest absolute Gasteiger partial charge is 0.311 e. The number of hydrogen-bond acceptors (Lipinski definition) is 6. The maximum absolute atomic E-state index is 12.4. The van der Waals surface area contributed by atoms with Crippen LogP contribution >= 0.6 is 11.8 Å². The highest BCUT2D eigenvalue weighted by molar-refractivity contribution is 8.14. The molecular weight excluding hydrogens is 410 g/mol. The second-order valence-corrected chi connectivity index (χ2v) is 8.38. The van der Waals surface area contributed by atoms with Crippen LogP contribution < -0.4 is 10.6 Å². The minimum atomic E-state index is -0.310. The number of rotatable bonds is 6. The maximum atomic E-state index is 12.4. The van der Waals surface area contributed by atoms with Crippen molar-refractivity contribution in [3.8, 4) is 0 Å². The molecule has 0 aromatic heterocycles. The summed E-state index contributed by atoms with van der Waals surface area (Å²) < 4.78 is 5.10. The van der Waals surface area contributed by atoms with Crippen molar-refractivity contribution in [1.82, 2.24) is 0 Å². The van der Waals surface area contributed by atoms with Gasteiger partial charge in [0.25, 0.3) is 0 Å². The van der Waals surface area contributed by atoms with E-state index in [1.54, 1.807) is 6.92 Å². The minimum Gasteiger partial charge on any atom is -0.466 e. The molecule has 3 rings (SSSR count). The zero-order valence-corrected chi connectivity index (χ0v) is 19.1. The van der Waals surface area contributed by atoms with Crippen molar-refractivity contribution in [2.45, 2.75) is 34.1 Å². The molecule has 1 amide bonds. The number of thioether (sulfide) groups is 1. The molecule has 1 heterocycles. The summed E-state index contributed by atoms with van der Waals surface area (Å²) in [4.78, 5) is 29.2. The van der Waals surface area contributed by atoms with E-state index < -0.39 is 0 Å². The molecule has 0 fully saturated rings. The van der Waals surface area contributed by atoms with E-state index >= 15 is 0 Å². The van der Waals surface area contributed by atoms with Gasteiger partial charge < -0.3 is 15.4 Å². The Hall–Kier alpha value is -3.06. The number of anilines is 2. The van der Waals surface area contributed by atoms with Gasteiger partial charge in [0.05, 0.1) is 35.2 Å². The van der Waals surface area contributed by atoms with Gasteiger partial charge in [-0.3, -0.25) is 9.59 Å². The summed E-state index contributed by atoms with van der Waals surface area (Å²) in [6, 6.07) is 11.7. The highest BCUT2D eigenvalue weighted by atomic mass is 32.2. The van der Waals surface area contributed by atoms with E-state index in [0.717, 1.165) is 33.8 Å². The average Bonchev–Trinajstić information content (AvgIpc) is 2.85. The fourth-order valence-corrected chi connectivity index (χ4v) is 3.84. The summed E-state index contributed by atoms with van der Waals surface area (Å²) in [5.41, 5.74) is 6.40. The number of ether oxygens (including phenoxy) is 1. The van der Waals surface area contributed by atoms with Crippen molar-refractivity contribution in [2.24, 2.45) is 4.99 Å². The highest BCUT2D eigenvalue weighted by Crippen LogP contribution is 2.33. The number of carbonyl (C=O) groups excluding carboxylic acids is 2. The first-order valence-electron chi connectivity index (χ1n) is 10.2. The SMILES string of the molecule is CCOC(=O)CC1=CC(SCC(=O)Nc2cccc(C)c2)=Nc2cc(C)c(C)cc2N1. The standard InChI is InChI=1S/C24H27N3O3S/c1-5-30-24(29)13-19-12-23(27-21-11-17(4)16(3)10-20(21)25-19)31-14-22(28)26-18-8-6-7-15(2)9-18/h6-12,25H,5,13-14H2,1-4H3,(H,26,28). The molecule has 0 saturated heterocycles.